The van der Waals surface area contributed by atoms with Crippen molar-refractivity contribution >= 4 is 17.3 Å². The second kappa shape index (κ2) is 7.98. The van der Waals surface area contributed by atoms with Crippen LogP contribution in [0.15, 0.2) is 18.2 Å². The van der Waals surface area contributed by atoms with Crippen LogP contribution in [0.25, 0.3) is 0 Å². The van der Waals surface area contributed by atoms with Crippen molar-refractivity contribution in [3.63, 3.8) is 0 Å². The average molecular weight is 281 g/mol. The third-order valence-corrected chi connectivity index (χ3v) is 2.56. The smallest absolute Gasteiger partial charge is 0.333 e. The molecule has 3 N–H and O–H groups in total. The van der Waals surface area contributed by atoms with E-state index in [1.165, 1.54) is 0 Å². The lowest BCUT2D eigenvalue weighted by molar-refractivity contribution is -0.385. The van der Waals surface area contributed by atoms with Crippen LogP contribution in [0.3, 0.4) is 0 Å². The fourth-order valence-corrected chi connectivity index (χ4v) is 1.67. The van der Waals surface area contributed by atoms with Gasteiger partial charge in [0, 0.05) is 13.0 Å². The minimum Gasteiger partial charge on any atom is -0.487 e. The lowest BCUT2D eigenvalue weighted by Gasteiger charge is -2.10. The molecule has 0 aromatic heterocycles. The molecule has 0 unspecified atom stereocenters. The van der Waals surface area contributed by atoms with Crippen molar-refractivity contribution in [1.29, 1.82) is 0 Å². The quantitative estimate of drug-likeness (QED) is 0.409. The maximum absolute atomic E-state index is 11.2. The van der Waals surface area contributed by atoms with Gasteiger partial charge in [0.05, 0.1) is 11.5 Å². The summed E-state index contributed by atoms with van der Waals surface area (Å²) in [5, 5.41) is 14.1. The summed E-state index contributed by atoms with van der Waals surface area (Å²) >= 11 is 0. The molecule has 1 rings (SSSR count). The van der Waals surface area contributed by atoms with Crippen LogP contribution in [0.2, 0.25) is 0 Å². The Morgan fingerprint density at radius 1 is 1.50 bits per heavy atom. The Morgan fingerprint density at radius 2 is 2.25 bits per heavy atom. The van der Waals surface area contributed by atoms with Gasteiger partial charge in [0.1, 0.15) is 5.69 Å². The van der Waals surface area contributed by atoms with E-state index in [0.717, 1.165) is 6.42 Å². The number of carbonyl (C=O) groups is 1. The third kappa shape index (κ3) is 4.75. The van der Waals surface area contributed by atoms with Crippen LogP contribution in [0.5, 0.6) is 5.75 Å². The van der Waals surface area contributed by atoms with Crippen molar-refractivity contribution in [3.8, 4) is 5.75 Å². The molecule has 0 saturated heterocycles. The zero-order valence-corrected chi connectivity index (χ0v) is 11.4. The Bertz CT molecular complexity index is 477. The van der Waals surface area contributed by atoms with E-state index in [9.17, 15) is 14.9 Å². The van der Waals surface area contributed by atoms with Crippen LogP contribution in [0, 0.1) is 10.1 Å². The predicted molar refractivity (Wildman–Crippen MR) is 75.8 cm³/mol. The van der Waals surface area contributed by atoms with E-state index >= 15 is 0 Å². The Labute approximate surface area is 117 Å². The molecule has 110 valence electrons. The number of ether oxygens (including phenoxy) is 1. The van der Waals surface area contributed by atoms with Gasteiger partial charge in [-0.1, -0.05) is 13.0 Å². The molecule has 1 aromatic rings. The molecular formula is C13H19N3O4. The highest BCUT2D eigenvalue weighted by atomic mass is 16.6. The first-order valence-electron chi connectivity index (χ1n) is 6.48. The fraction of sp³-hybridized carbons (Fsp3) is 0.462. The minimum atomic E-state index is -0.471. The molecule has 0 spiro atoms. The number of nitrogens with zero attached hydrogens (tertiary/aromatic N) is 1. The van der Waals surface area contributed by atoms with Gasteiger partial charge in [0.15, 0.2) is 5.75 Å². The summed E-state index contributed by atoms with van der Waals surface area (Å²) in [6.45, 7) is 2.78. The number of primary amides is 1. The molecule has 0 aliphatic carbocycles. The molecule has 1 amide bonds. The first kappa shape index (κ1) is 15.7. The van der Waals surface area contributed by atoms with E-state index in [1.807, 2.05) is 6.92 Å². The number of hydrogen-bond acceptors (Lipinski definition) is 5. The number of rotatable bonds is 9. The fourth-order valence-electron chi connectivity index (χ4n) is 1.67. The van der Waals surface area contributed by atoms with Crippen molar-refractivity contribution in [2.45, 2.75) is 26.2 Å². The van der Waals surface area contributed by atoms with Crippen LogP contribution in [0.1, 0.15) is 26.2 Å². The summed E-state index contributed by atoms with van der Waals surface area (Å²) in [6, 6.07) is 4.87. The molecule has 7 nitrogen and oxygen atoms in total. The van der Waals surface area contributed by atoms with Crippen molar-refractivity contribution < 1.29 is 14.5 Å². The molecule has 1 aromatic carbocycles. The third-order valence-electron chi connectivity index (χ3n) is 2.56. The topological polar surface area (TPSA) is 107 Å². The summed E-state index contributed by atoms with van der Waals surface area (Å²) in [6.07, 6.45) is 1.53. The number of anilines is 1. The lowest BCUT2D eigenvalue weighted by atomic mass is 10.2. The first-order chi connectivity index (χ1) is 9.56. The van der Waals surface area contributed by atoms with E-state index in [-0.39, 0.29) is 23.8 Å². The van der Waals surface area contributed by atoms with Gasteiger partial charge in [0.2, 0.25) is 5.91 Å². The summed E-state index contributed by atoms with van der Waals surface area (Å²) in [4.78, 5) is 21.3. The largest absolute Gasteiger partial charge is 0.487 e. The van der Waals surface area contributed by atoms with Gasteiger partial charge < -0.3 is 15.8 Å². The second-order valence-electron chi connectivity index (χ2n) is 4.25. The highest BCUT2D eigenvalue weighted by molar-refractivity contribution is 5.73. The van der Waals surface area contributed by atoms with Crippen LogP contribution in [-0.2, 0) is 4.79 Å². The molecule has 0 bridgehead atoms. The number of para-hydroxylation sites is 1. The number of benzene rings is 1. The van der Waals surface area contributed by atoms with Crippen molar-refractivity contribution in [1.82, 2.24) is 0 Å². The number of nitro benzene ring substituents is 1. The highest BCUT2D eigenvalue weighted by Gasteiger charge is 2.20. The highest BCUT2D eigenvalue weighted by Crippen LogP contribution is 2.34. The lowest BCUT2D eigenvalue weighted by Crippen LogP contribution is -2.13. The SMILES string of the molecule is CCCOc1cccc(NCCCC(N)=O)c1[N+](=O)[O-]. The maximum Gasteiger partial charge on any atom is 0.333 e. The summed E-state index contributed by atoms with van der Waals surface area (Å²) in [5.74, 6) is -0.141. The maximum atomic E-state index is 11.2. The normalized spacial score (nSPS) is 10.1. The van der Waals surface area contributed by atoms with E-state index in [1.54, 1.807) is 18.2 Å². The molecule has 0 heterocycles. The molecule has 0 saturated carbocycles. The average Bonchev–Trinajstić information content (AvgIpc) is 2.40. The summed E-state index contributed by atoms with van der Waals surface area (Å²) in [7, 11) is 0. The minimum absolute atomic E-state index is 0.0833. The number of amides is 1. The monoisotopic (exact) mass is 281 g/mol. The van der Waals surface area contributed by atoms with Gasteiger partial charge in [-0.25, -0.2) is 0 Å². The van der Waals surface area contributed by atoms with Crippen LogP contribution in [0.4, 0.5) is 11.4 Å². The zero-order valence-electron chi connectivity index (χ0n) is 11.4. The van der Waals surface area contributed by atoms with Crippen LogP contribution >= 0.6 is 0 Å². The summed E-state index contributed by atoms with van der Waals surface area (Å²) in [5.41, 5.74) is 5.33. The first-order valence-corrected chi connectivity index (χ1v) is 6.48. The van der Waals surface area contributed by atoms with E-state index in [4.69, 9.17) is 10.5 Å². The number of nitrogens with one attached hydrogen (secondary N) is 1. The van der Waals surface area contributed by atoms with Crippen molar-refractivity contribution in [2.75, 3.05) is 18.5 Å². The van der Waals surface area contributed by atoms with E-state index in [0.29, 0.717) is 25.3 Å². The number of nitrogens with two attached hydrogens (primary N) is 1. The Hall–Kier alpha value is -2.31. The van der Waals surface area contributed by atoms with Crippen LogP contribution in [-0.4, -0.2) is 24.0 Å². The molecule has 0 aliphatic heterocycles. The van der Waals surface area contributed by atoms with Crippen molar-refractivity contribution in [2.24, 2.45) is 5.73 Å². The molecule has 0 fully saturated rings. The Morgan fingerprint density at radius 3 is 2.85 bits per heavy atom. The molecular weight excluding hydrogens is 262 g/mol. The van der Waals surface area contributed by atoms with Crippen LogP contribution < -0.4 is 15.8 Å². The molecule has 0 aliphatic rings. The Kier molecular flexibility index (Phi) is 6.28. The molecule has 20 heavy (non-hydrogen) atoms. The molecule has 7 heteroatoms. The van der Waals surface area contributed by atoms with Gasteiger partial charge in [-0.15, -0.1) is 0 Å². The summed E-state index contributed by atoms with van der Waals surface area (Å²) < 4.78 is 5.38. The number of hydrogen-bond donors (Lipinski definition) is 2. The van der Waals surface area contributed by atoms with Gasteiger partial charge in [-0.05, 0) is 25.0 Å². The van der Waals surface area contributed by atoms with E-state index < -0.39 is 4.92 Å². The molecule has 0 atom stereocenters. The van der Waals surface area contributed by atoms with Crippen molar-refractivity contribution in [3.05, 3.63) is 28.3 Å². The van der Waals surface area contributed by atoms with Gasteiger partial charge in [-0.2, -0.15) is 0 Å². The predicted octanol–water partition coefficient (Wildman–Crippen LogP) is 2.06. The Balaban J connectivity index is 2.78. The van der Waals surface area contributed by atoms with Gasteiger partial charge >= 0.3 is 5.69 Å². The standard InChI is InChI=1S/C13H19N3O4/c1-2-9-20-11-6-3-5-10(13(11)16(18)19)15-8-4-7-12(14)17/h3,5-6,15H,2,4,7-9H2,1H3,(H2,14,17). The number of nitro groups is 1. The number of carbonyl (C=O) groups excluding carboxylic acids is 1. The molecule has 0 radical (unpaired) electrons. The second-order valence-corrected chi connectivity index (χ2v) is 4.25. The van der Waals surface area contributed by atoms with Gasteiger partial charge in [0.25, 0.3) is 0 Å². The van der Waals surface area contributed by atoms with Gasteiger partial charge in [-0.3, -0.25) is 14.9 Å². The zero-order chi connectivity index (χ0) is 15.0. The van der Waals surface area contributed by atoms with E-state index in [2.05, 4.69) is 5.32 Å².